The zero-order valence-electron chi connectivity index (χ0n) is 15.1. The largest absolute Gasteiger partial charge is 0.394 e. The highest BCUT2D eigenvalue weighted by atomic mass is 79.9. The molecule has 1 aromatic heterocycles. The monoisotopic (exact) mass is 570 g/mol. The van der Waals surface area contributed by atoms with Gasteiger partial charge >= 0.3 is 0 Å². The van der Waals surface area contributed by atoms with Crippen molar-refractivity contribution in [1.82, 2.24) is 4.98 Å². The van der Waals surface area contributed by atoms with Gasteiger partial charge in [0.05, 0.1) is 28.0 Å². The number of thiazole rings is 1. The summed E-state index contributed by atoms with van der Waals surface area (Å²) in [6, 6.07) is 5.15. The van der Waals surface area contributed by atoms with Crippen LogP contribution >= 0.6 is 73.1 Å². The Morgan fingerprint density at radius 2 is 2.03 bits per heavy atom. The lowest BCUT2D eigenvalue weighted by Crippen LogP contribution is -2.57. The van der Waals surface area contributed by atoms with Gasteiger partial charge in [-0.15, -0.1) is 11.3 Å². The van der Waals surface area contributed by atoms with Gasteiger partial charge in [-0.25, -0.2) is 9.98 Å². The average Bonchev–Trinajstić information content (AvgIpc) is 3.36. The Morgan fingerprint density at radius 3 is 2.70 bits per heavy atom. The Kier molecular flexibility index (Phi) is 7.51. The van der Waals surface area contributed by atoms with Crippen molar-refractivity contribution in [2.24, 2.45) is 4.99 Å². The van der Waals surface area contributed by atoms with E-state index in [9.17, 15) is 15.3 Å². The van der Waals surface area contributed by atoms with Crippen LogP contribution < -0.4 is 0 Å². The van der Waals surface area contributed by atoms with Crippen LogP contribution in [-0.2, 0) is 4.74 Å². The summed E-state index contributed by atoms with van der Waals surface area (Å²) < 4.78 is 6.54. The predicted molar refractivity (Wildman–Crippen MR) is 129 cm³/mol. The summed E-state index contributed by atoms with van der Waals surface area (Å²) in [5, 5.41) is 36.5. The number of ether oxygens (including phenoxy) is 1. The highest BCUT2D eigenvalue weighted by molar-refractivity contribution is 9.10. The first-order valence-corrected chi connectivity index (χ1v) is 13.6. The first-order chi connectivity index (χ1) is 14.4. The number of aliphatic hydroxyl groups is 3. The lowest BCUT2D eigenvalue weighted by molar-refractivity contribution is -0.145. The summed E-state index contributed by atoms with van der Waals surface area (Å²) in [4.78, 5) is 9.59. The van der Waals surface area contributed by atoms with E-state index < -0.39 is 39.9 Å². The van der Waals surface area contributed by atoms with Gasteiger partial charge in [0, 0.05) is 15.8 Å². The van der Waals surface area contributed by atoms with Gasteiger partial charge in [0.15, 0.2) is 0 Å². The highest BCUT2D eigenvalue weighted by Crippen LogP contribution is 2.48. The van der Waals surface area contributed by atoms with Gasteiger partial charge in [-0.05, 0) is 39.5 Å². The second kappa shape index (κ2) is 9.78. The molecule has 6 atom stereocenters. The summed E-state index contributed by atoms with van der Waals surface area (Å²) >= 11 is 18.1. The van der Waals surface area contributed by atoms with E-state index in [4.69, 9.17) is 27.9 Å². The Hall–Kier alpha value is -0.140. The van der Waals surface area contributed by atoms with Crippen LogP contribution in [0.25, 0.3) is 5.70 Å². The van der Waals surface area contributed by atoms with Crippen molar-refractivity contribution in [3.8, 4) is 0 Å². The van der Waals surface area contributed by atoms with Crippen LogP contribution in [0.15, 0.2) is 43.5 Å². The van der Waals surface area contributed by atoms with Crippen LogP contribution in [0.3, 0.4) is 0 Å². The molecule has 1 saturated heterocycles. The van der Waals surface area contributed by atoms with E-state index in [0.29, 0.717) is 10.0 Å². The molecular weight excluding hydrogens is 555 g/mol. The molecule has 1 fully saturated rings. The lowest BCUT2D eigenvalue weighted by Gasteiger charge is -2.44. The molecule has 3 N–H and O–H groups in total. The number of benzene rings is 1. The molecule has 0 spiro atoms. The van der Waals surface area contributed by atoms with E-state index in [2.05, 4.69) is 25.9 Å². The molecule has 0 amide bonds. The number of halogens is 3. The van der Waals surface area contributed by atoms with Crippen LogP contribution in [0, 0.1) is 0 Å². The van der Waals surface area contributed by atoms with E-state index in [1.807, 2.05) is 10.8 Å². The molecule has 30 heavy (non-hydrogen) atoms. The molecule has 6 nitrogen and oxygen atoms in total. The molecule has 2 aromatic rings. The van der Waals surface area contributed by atoms with Gasteiger partial charge in [0.2, 0.25) is 0 Å². The van der Waals surface area contributed by atoms with Crippen molar-refractivity contribution < 1.29 is 20.1 Å². The van der Waals surface area contributed by atoms with Crippen molar-refractivity contribution in [2.45, 2.75) is 33.9 Å². The predicted octanol–water partition coefficient (Wildman–Crippen LogP) is 4.15. The summed E-state index contributed by atoms with van der Waals surface area (Å²) in [5.41, 5.74) is 1.78. The Labute approximate surface area is 202 Å². The fourth-order valence-corrected chi connectivity index (χ4v) is 8.25. The van der Waals surface area contributed by atoms with Crippen LogP contribution in [0.4, 0.5) is 0 Å². The zero-order chi connectivity index (χ0) is 21.4. The molecule has 0 radical (unpaired) electrons. The molecule has 2 aliphatic rings. The quantitative estimate of drug-likeness (QED) is 0.403. The second-order valence-electron chi connectivity index (χ2n) is 6.57. The maximum atomic E-state index is 11.1. The highest BCUT2D eigenvalue weighted by Gasteiger charge is 2.47. The first kappa shape index (κ1) is 23.0. The second-order valence-corrected chi connectivity index (χ2v) is 12.2. The number of nitrogens with zero attached hydrogens (tertiary/aromatic N) is 2. The fourth-order valence-electron chi connectivity index (χ4n) is 3.18. The van der Waals surface area contributed by atoms with Gasteiger partial charge in [0.25, 0.3) is 0 Å². The number of aromatic nitrogens is 1. The molecule has 4 rings (SSSR count). The molecule has 3 heterocycles. The molecule has 0 aliphatic carbocycles. The standard InChI is InChI=1S/C18H17BrCl2N2O4S3/c19-13-5-28-17(23-13)11-6-30(7-22-11)16-14(25)12(4-24)27-18(15(16)26)29-8-1-2-9(20)10(21)3-8/h1-3,5-7,12,14-16,18,24-26,30H,4H2/t12-,14+,15-,16+,18-/m1/s1. The Balaban J connectivity index is 1.57. The maximum absolute atomic E-state index is 11.1. The number of rotatable bonds is 5. The summed E-state index contributed by atoms with van der Waals surface area (Å²) in [6.07, 6.45) is -2.84. The number of hydrogen-bond acceptors (Lipinski definition) is 8. The van der Waals surface area contributed by atoms with Crippen molar-refractivity contribution in [3.63, 3.8) is 0 Å². The number of hydrogen-bond donors (Lipinski definition) is 4. The van der Waals surface area contributed by atoms with Crippen LogP contribution in [-0.4, -0.2) is 61.5 Å². The zero-order valence-corrected chi connectivity index (χ0v) is 20.7. The molecule has 0 saturated carbocycles. The minimum atomic E-state index is -1.09. The number of thiol groups is 1. The number of aliphatic imine (C=N–C) groups is 1. The van der Waals surface area contributed by atoms with Gasteiger partial charge in [-0.2, -0.15) is 10.9 Å². The third-order valence-electron chi connectivity index (χ3n) is 4.63. The molecule has 1 unspecified atom stereocenters. The van der Waals surface area contributed by atoms with Gasteiger partial charge < -0.3 is 20.1 Å². The van der Waals surface area contributed by atoms with Gasteiger partial charge in [-0.3, -0.25) is 0 Å². The third-order valence-corrected chi connectivity index (χ3v) is 10.3. The van der Waals surface area contributed by atoms with Gasteiger partial charge in [0.1, 0.15) is 33.0 Å². The average molecular weight is 572 g/mol. The normalized spacial score (nSPS) is 32.4. The Morgan fingerprint density at radius 1 is 1.23 bits per heavy atom. The van der Waals surface area contributed by atoms with E-state index >= 15 is 0 Å². The van der Waals surface area contributed by atoms with Gasteiger partial charge in [-0.1, -0.05) is 35.0 Å². The van der Waals surface area contributed by atoms with Crippen molar-refractivity contribution in [1.29, 1.82) is 0 Å². The molecule has 2 aliphatic heterocycles. The number of thioether (sulfide) groups is 1. The lowest BCUT2D eigenvalue weighted by atomic mass is 10.0. The summed E-state index contributed by atoms with van der Waals surface area (Å²) in [6.45, 7) is -0.362. The number of aliphatic hydroxyl groups excluding tert-OH is 3. The van der Waals surface area contributed by atoms with E-state index in [0.717, 1.165) is 20.2 Å². The minimum absolute atomic E-state index is 0.362. The maximum Gasteiger partial charge on any atom is 0.143 e. The smallest absolute Gasteiger partial charge is 0.143 e. The van der Waals surface area contributed by atoms with Crippen LogP contribution in [0.2, 0.25) is 10.0 Å². The summed E-state index contributed by atoms with van der Waals surface area (Å²) in [5.74, 6) is 0. The molecular formula is C18H17BrCl2N2O4S3. The molecule has 162 valence electrons. The molecule has 12 heteroatoms. The van der Waals surface area contributed by atoms with E-state index in [1.165, 1.54) is 23.1 Å². The van der Waals surface area contributed by atoms with E-state index in [-0.39, 0.29) is 6.61 Å². The molecule has 0 bridgehead atoms. The van der Waals surface area contributed by atoms with E-state index in [1.54, 1.807) is 23.7 Å². The van der Waals surface area contributed by atoms with Crippen LogP contribution in [0.5, 0.6) is 0 Å². The topological polar surface area (TPSA) is 95.2 Å². The minimum Gasteiger partial charge on any atom is -0.394 e. The Bertz CT molecular complexity index is 992. The van der Waals surface area contributed by atoms with Crippen molar-refractivity contribution in [2.75, 3.05) is 6.61 Å². The fraction of sp³-hybridized carbons (Fsp3) is 0.333. The SMILES string of the molecule is OC[C@H]1O[C@H](Sc2ccc(Cl)c(Cl)c2)[C@H](O)[C@@H]([SH]2C=NC(c3nc(Br)cs3)=C2)[C@H]1O. The van der Waals surface area contributed by atoms with Crippen LogP contribution in [0.1, 0.15) is 5.01 Å². The summed E-state index contributed by atoms with van der Waals surface area (Å²) in [7, 11) is -1.09. The molecule has 1 aromatic carbocycles. The van der Waals surface area contributed by atoms with Crippen molar-refractivity contribution in [3.05, 3.63) is 48.6 Å². The van der Waals surface area contributed by atoms with Crippen molar-refractivity contribution >= 4 is 84.4 Å². The first-order valence-electron chi connectivity index (χ1n) is 8.76. The third kappa shape index (κ3) is 4.78.